The molecule has 0 amide bonds. The number of benzene rings is 2. The summed E-state index contributed by atoms with van der Waals surface area (Å²) < 4.78 is 0. The summed E-state index contributed by atoms with van der Waals surface area (Å²) in [6, 6.07) is 16.5. The van der Waals surface area contributed by atoms with Crippen LogP contribution in [-0.4, -0.2) is 25.1 Å². The first kappa shape index (κ1) is 15.9. The molecule has 5 aromatic rings. The van der Waals surface area contributed by atoms with Crippen LogP contribution in [0.15, 0.2) is 65.7 Å². The number of nitrogens with one attached hydrogen (secondary N) is 2. The van der Waals surface area contributed by atoms with Crippen molar-refractivity contribution >= 4 is 22.1 Å². The van der Waals surface area contributed by atoms with Crippen LogP contribution in [-0.2, 0) is 0 Å². The third kappa shape index (κ3) is 2.52. The molecule has 0 bridgehead atoms. The number of H-pyrrole nitrogens is 2. The molecule has 3 aromatic heterocycles. The Bertz CT molecular complexity index is 1460. The molecule has 0 unspecified atom stereocenters. The lowest BCUT2D eigenvalue weighted by Gasteiger charge is -2.10. The Balaban J connectivity index is 1.85. The van der Waals surface area contributed by atoms with E-state index in [4.69, 9.17) is 0 Å². The van der Waals surface area contributed by atoms with Gasteiger partial charge in [0.1, 0.15) is 0 Å². The molecule has 0 saturated carbocycles. The van der Waals surface area contributed by atoms with Gasteiger partial charge in [-0.1, -0.05) is 18.2 Å². The monoisotopic (exact) mass is 364 g/mol. The normalized spacial score (nSPS) is 11.0. The summed E-state index contributed by atoms with van der Waals surface area (Å²) in [6.45, 7) is 0. The fourth-order valence-electron chi connectivity index (χ4n) is 3.21. The lowest BCUT2D eigenvalue weighted by atomic mass is 10.0. The van der Waals surface area contributed by atoms with Crippen molar-refractivity contribution < 1.29 is 0 Å². The van der Waals surface area contributed by atoms with Crippen LogP contribution in [0.5, 0.6) is 0 Å². The molecule has 0 spiro atoms. The van der Waals surface area contributed by atoms with Crippen LogP contribution in [0.25, 0.3) is 44.6 Å². The first-order valence-electron chi connectivity index (χ1n) is 8.56. The van der Waals surface area contributed by atoms with Crippen molar-refractivity contribution in [2.75, 3.05) is 0 Å². The van der Waals surface area contributed by atoms with Crippen LogP contribution >= 0.6 is 0 Å². The predicted octanol–water partition coefficient (Wildman–Crippen LogP) is 3.40. The number of aromatic nitrogens is 5. The minimum absolute atomic E-state index is 0.204. The smallest absolute Gasteiger partial charge is 0.209 e. The highest BCUT2D eigenvalue weighted by Gasteiger charge is 2.16. The maximum Gasteiger partial charge on any atom is 0.209 e. The Morgan fingerprint density at radius 2 is 1.82 bits per heavy atom. The summed E-state index contributed by atoms with van der Waals surface area (Å²) in [7, 11) is 0. The molecule has 0 aliphatic rings. The highest BCUT2D eigenvalue weighted by molar-refractivity contribution is 5.89. The number of aromatic amines is 2. The van der Waals surface area contributed by atoms with Crippen molar-refractivity contribution in [3.05, 3.63) is 76.7 Å². The molecule has 7 heteroatoms. The Hall–Kier alpha value is -4.31. The minimum atomic E-state index is -0.204. The number of hydrogen-bond donors (Lipinski definition) is 2. The van der Waals surface area contributed by atoms with Crippen molar-refractivity contribution in [3.63, 3.8) is 0 Å². The van der Waals surface area contributed by atoms with Gasteiger partial charge < -0.3 is 4.98 Å². The van der Waals surface area contributed by atoms with Crippen LogP contribution in [0.3, 0.4) is 0 Å². The highest BCUT2D eigenvalue weighted by Crippen LogP contribution is 2.31. The molecule has 2 N–H and O–H groups in total. The average Bonchev–Trinajstić information content (AvgIpc) is 3.21. The number of rotatable bonds is 2. The van der Waals surface area contributed by atoms with Gasteiger partial charge in [0.05, 0.1) is 34.7 Å². The second kappa shape index (κ2) is 6.14. The summed E-state index contributed by atoms with van der Waals surface area (Å²) in [5.41, 5.74) is 4.62. The van der Waals surface area contributed by atoms with Gasteiger partial charge in [-0.3, -0.25) is 9.89 Å². The van der Waals surface area contributed by atoms with Gasteiger partial charge in [0.25, 0.3) is 0 Å². The number of fused-ring (bicyclic) bond motifs is 2. The van der Waals surface area contributed by atoms with Gasteiger partial charge in [0, 0.05) is 28.8 Å². The lowest BCUT2D eigenvalue weighted by molar-refractivity contribution is 1.12. The second-order valence-electron chi connectivity index (χ2n) is 6.32. The fourth-order valence-corrected chi connectivity index (χ4v) is 3.21. The zero-order valence-electron chi connectivity index (χ0n) is 14.5. The molecule has 5 rings (SSSR count). The summed E-state index contributed by atoms with van der Waals surface area (Å²) in [6.07, 6.45) is 3.28. The quantitative estimate of drug-likeness (QED) is 0.499. The molecule has 28 heavy (non-hydrogen) atoms. The van der Waals surface area contributed by atoms with Gasteiger partial charge >= 0.3 is 0 Å². The van der Waals surface area contributed by atoms with Gasteiger partial charge in [0.2, 0.25) is 5.43 Å². The average molecular weight is 364 g/mol. The molecule has 132 valence electrons. The molecule has 3 heterocycles. The van der Waals surface area contributed by atoms with Crippen molar-refractivity contribution in [2.45, 2.75) is 0 Å². The molecule has 7 nitrogen and oxygen atoms in total. The van der Waals surface area contributed by atoms with Crippen LogP contribution in [0.2, 0.25) is 0 Å². The van der Waals surface area contributed by atoms with E-state index in [0.29, 0.717) is 22.6 Å². The van der Waals surface area contributed by atoms with E-state index in [1.807, 2.05) is 24.3 Å². The Morgan fingerprint density at radius 1 is 0.964 bits per heavy atom. The van der Waals surface area contributed by atoms with Crippen molar-refractivity contribution in [1.29, 1.82) is 5.26 Å². The van der Waals surface area contributed by atoms with E-state index in [1.165, 1.54) is 6.07 Å². The van der Waals surface area contributed by atoms with E-state index in [0.717, 1.165) is 22.0 Å². The van der Waals surface area contributed by atoms with E-state index in [2.05, 4.69) is 31.2 Å². The molecule has 0 aliphatic carbocycles. The van der Waals surface area contributed by atoms with E-state index in [-0.39, 0.29) is 10.9 Å². The molecular weight excluding hydrogens is 352 g/mol. The molecule has 0 atom stereocenters. The maximum atomic E-state index is 12.3. The van der Waals surface area contributed by atoms with Crippen LogP contribution < -0.4 is 5.43 Å². The maximum absolute atomic E-state index is 12.3. The third-order valence-corrected chi connectivity index (χ3v) is 4.56. The number of pyridine rings is 1. The standard InChI is InChI=1S/C21H12N6O/c22-10-12-2-1-3-13(8-12)19-18(14-4-5-16-15(9-14)11-24-27-16)25-20-17(28)6-7-23-21(20)26-19/h1-9,11H,(H,24,27)(H,23,26,28). The molecule has 0 saturated heterocycles. The summed E-state index contributed by atoms with van der Waals surface area (Å²) in [5.74, 6) is 0. The van der Waals surface area contributed by atoms with E-state index in [1.54, 1.807) is 30.6 Å². The SMILES string of the molecule is N#Cc1cccc(-c2nc3[nH]ccc(=O)c3nc2-c2ccc3[nH]ncc3c2)c1. The van der Waals surface area contributed by atoms with Gasteiger partial charge in [-0.25, -0.2) is 9.97 Å². The second-order valence-corrected chi connectivity index (χ2v) is 6.32. The first-order valence-corrected chi connectivity index (χ1v) is 8.56. The van der Waals surface area contributed by atoms with Gasteiger partial charge in [-0.15, -0.1) is 0 Å². The van der Waals surface area contributed by atoms with E-state index >= 15 is 0 Å². The largest absolute Gasteiger partial charge is 0.345 e. The topological polar surface area (TPSA) is 111 Å². The zero-order chi connectivity index (χ0) is 19.1. The Morgan fingerprint density at radius 3 is 2.71 bits per heavy atom. The number of nitrogens with zero attached hydrogens (tertiary/aromatic N) is 4. The van der Waals surface area contributed by atoms with E-state index < -0.39 is 0 Å². The number of hydrogen-bond acceptors (Lipinski definition) is 5. The van der Waals surface area contributed by atoms with Gasteiger partial charge in [-0.2, -0.15) is 10.4 Å². The van der Waals surface area contributed by atoms with Crippen molar-refractivity contribution in [2.24, 2.45) is 0 Å². The summed E-state index contributed by atoms with van der Waals surface area (Å²) in [5, 5.41) is 17.2. The fraction of sp³-hybridized carbons (Fsp3) is 0. The highest BCUT2D eigenvalue weighted by atomic mass is 16.1. The first-order chi connectivity index (χ1) is 13.7. The molecule has 0 radical (unpaired) electrons. The molecule has 0 aliphatic heterocycles. The summed E-state index contributed by atoms with van der Waals surface area (Å²) >= 11 is 0. The zero-order valence-corrected chi connectivity index (χ0v) is 14.5. The lowest BCUT2D eigenvalue weighted by Crippen LogP contribution is -2.06. The molecular formula is C21H12N6O. The Labute approximate surface area is 158 Å². The van der Waals surface area contributed by atoms with E-state index in [9.17, 15) is 10.1 Å². The van der Waals surface area contributed by atoms with Crippen LogP contribution in [0.1, 0.15) is 5.56 Å². The predicted molar refractivity (Wildman–Crippen MR) is 105 cm³/mol. The van der Waals surface area contributed by atoms with Crippen molar-refractivity contribution in [1.82, 2.24) is 25.1 Å². The van der Waals surface area contributed by atoms with Gasteiger partial charge in [-0.05, 0) is 24.3 Å². The molecule has 2 aromatic carbocycles. The molecule has 0 fully saturated rings. The van der Waals surface area contributed by atoms with Crippen molar-refractivity contribution in [3.8, 4) is 28.6 Å². The van der Waals surface area contributed by atoms with Gasteiger partial charge in [0.15, 0.2) is 11.2 Å². The Kier molecular flexibility index (Phi) is 3.49. The van der Waals surface area contributed by atoms with Crippen LogP contribution in [0, 0.1) is 11.3 Å². The summed E-state index contributed by atoms with van der Waals surface area (Å²) in [4.78, 5) is 24.6. The third-order valence-electron chi connectivity index (χ3n) is 4.56. The minimum Gasteiger partial charge on any atom is -0.345 e. The van der Waals surface area contributed by atoms with Crippen LogP contribution in [0.4, 0.5) is 0 Å². The number of nitriles is 1.